The van der Waals surface area contributed by atoms with Gasteiger partial charge < -0.3 is 5.73 Å². The van der Waals surface area contributed by atoms with E-state index in [1.165, 1.54) is 5.69 Å². The number of rotatable bonds is 3. The second-order valence-electron chi connectivity index (χ2n) is 3.95. The van der Waals surface area contributed by atoms with Gasteiger partial charge >= 0.3 is 0 Å². The van der Waals surface area contributed by atoms with Crippen molar-refractivity contribution in [2.24, 2.45) is 7.05 Å². The van der Waals surface area contributed by atoms with Gasteiger partial charge in [-0.25, -0.2) is 4.98 Å². The van der Waals surface area contributed by atoms with E-state index in [1.54, 1.807) is 6.20 Å². The van der Waals surface area contributed by atoms with Gasteiger partial charge in [-0.1, -0.05) is 6.07 Å². The highest BCUT2D eigenvalue weighted by Gasteiger charge is 2.04. The molecule has 0 spiro atoms. The summed E-state index contributed by atoms with van der Waals surface area (Å²) in [5, 5.41) is 4.32. The van der Waals surface area contributed by atoms with Gasteiger partial charge in [0.15, 0.2) is 0 Å². The van der Waals surface area contributed by atoms with E-state index in [4.69, 9.17) is 5.73 Å². The lowest BCUT2D eigenvalue weighted by molar-refractivity contribution is 0.697. The zero-order valence-electron chi connectivity index (χ0n) is 9.64. The van der Waals surface area contributed by atoms with Crippen molar-refractivity contribution in [1.29, 1.82) is 0 Å². The molecule has 2 N–H and O–H groups in total. The highest BCUT2D eigenvalue weighted by atomic mass is 15.3. The number of hydrogen-bond acceptors (Lipinski definition) is 3. The summed E-state index contributed by atoms with van der Waals surface area (Å²) in [6.45, 7) is 2.00. The predicted octanol–water partition coefficient (Wildman–Crippen LogP) is 1.49. The lowest BCUT2D eigenvalue weighted by atomic mass is 10.1. The smallest absolute Gasteiger partial charge is 0.126 e. The van der Waals surface area contributed by atoms with E-state index in [1.807, 2.05) is 30.8 Å². The summed E-state index contributed by atoms with van der Waals surface area (Å²) in [6.07, 6.45) is 3.55. The number of nitrogens with two attached hydrogens (primary N) is 1. The van der Waals surface area contributed by atoms with E-state index >= 15 is 0 Å². The zero-order chi connectivity index (χ0) is 11.5. The van der Waals surface area contributed by atoms with Crippen LogP contribution in [0.5, 0.6) is 0 Å². The van der Waals surface area contributed by atoms with Gasteiger partial charge in [0, 0.05) is 18.9 Å². The molecule has 0 aliphatic rings. The number of pyridine rings is 1. The summed E-state index contributed by atoms with van der Waals surface area (Å²) in [6, 6.07) is 6.04. The van der Waals surface area contributed by atoms with Crippen molar-refractivity contribution in [3.05, 3.63) is 41.3 Å². The van der Waals surface area contributed by atoms with Crippen molar-refractivity contribution in [1.82, 2.24) is 14.8 Å². The minimum Gasteiger partial charge on any atom is -0.383 e. The Hall–Kier alpha value is -1.84. The molecule has 0 saturated heterocycles. The Kier molecular flexibility index (Phi) is 2.90. The number of hydrogen-bond donors (Lipinski definition) is 1. The van der Waals surface area contributed by atoms with Crippen molar-refractivity contribution in [2.75, 3.05) is 5.73 Å². The van der Waals surface area contributed by atoms with Crippen molar-refractivity contribution >= 4 is 5.82 Å². The second kappa shape index (κ2) is 4.35. The summed E-state index contributed by atoms with van der Waals surface area (Å²) in [7, 11) is 1.97. The monoisotopic (exact) mass is 216 g/mol. The molecule has 0 amide bonds. The van der Waals surface area contributed by atoms with Gasteiger partial charge in [-0.2, -0.15) is 5.10 Å². The van der Waals surface area contributed by atoms with Gasteiger partial charge in [0.25, 0.3) is 0 Å². The molecule has 0 saturated carbocycles. The molecule has 2 aromatic heterocycles. The van der Waals surface area contributed by atoms with Gasteiger partial charge in [-0.3, -0.25) is 4.68 Å². The minimum absolute atomic E-state index is 0.626. The SMILES string of the molecule is Cc1cc(CCc2cccnc2N)n(C)n1. The summed E-state index contributed by atoms with van der Waals surface area (Å²) in [5.41, 5.74) is 9.17. The molecule has 2 heterocycles. The highest BCUT2D eigenvalue weighted by Crippen LogP contribution is 2.12. The van der Waals surface area contributed by atoms with Crippen LogP contribution in [0.2, 0.25) is 0 Å². The van der Waals surface area contributed by atoms with Crippen molar-refractivity contribution in [3.8, 4) is 0 Å². The largest absolute Gasteiger partial charge is 0.383 e. The number of nitrogen functional groups attached to an aromatic ring is 1. The van der Waals surface area contributed by atoms with E-state index in [9.17, 15) is 0 Å². The first-order valence-electron chi connectivity index (χ1n) is 5.35. The standard InChI is InChI=1S/C12H16N4/c1-9-8-11(16(2)15-9)6-5-10-4-3-7-14-12(10)13/h3-4,7-8H,5-6H2,1-2H3,(H2,13,14). The Morgan fingerprint density at radius 1 is 1.38 bits per heavy atom. The van der Waals surface area contributed by atoms with E-state index in [0.717, 1.165) is 24.1 Å². The molecule has 0 fully saturated rings. The lowest BCUT2D eigenvalue weighted by Crippen LogP contribution is -2.03. The van der Waals surface area contributed by atoms with Crippen LogP contribution in [0.4, 0.5) is 5.82 Å². The Morgan fingerprint density at radius 3 is 2.81 bits per heavy atom. The quantitative estimate of drug-likeness (QED) is 0.845. The van der Waals surface area contributed by atoms with Crippen LogP contribution in [0.25, 0.3) is 0 Å². The molecule has 16 heavy (non-hydrogen) atoms. The van der Waals surface area contributed by atoms with E-state index in [0.29, 0.717) is 5.82 Å². The van der Waals surface area contributed by atoms with Crippen LogP contribution in [0.3, 0.4) is 0 Å². The maximum absolute atomic E-state index is 5.79. The number of anilines is 1. The zero-order valence-corrected chi connectivity index (χ0v) is 9.64. The average molecular weight is 216 g/mol. The van der Waals surface area contributed by atoms with Crippen molar-refractivity contribution in [3.63, 3.8) is 0 Å². The van der Waals surface area contributed by atoms with Gasteiger partial charge in [0.2, 0.25) is 0 Å². The van der Waals surface area contributed by atoms with Crippen LogP contribution in [0, 0.1) is 6.92 Å². The Labute approximate surface area is 95.1 Å². The third kappa shape index (κ3) is 2.21. The van der Waals surface area contributed by atoms with Gasteiger partial charge in [0.1, 0.15) is 5.82 Å². The Balaban J connectivity index is 2.08. The van der Waals surface area contributed by atoms with E-state index in [-0.39, 0.29) is 0 Å². The molecular weight excluding hydrogens is 200 g/mol. The van der Waals surface area contributed by atoms with Crippen molar-refractivity contribution in [2.45, 2.75) is 19.8 Å². The first-order chi connectivity index (χ1) is 7.66. The molecule has 0 atom stereocenters. The number of aryl methyl sites for hydroxylation is 4. The molecular formula is C12H16N4. The maximum Gasteiger partial charge on any atom is 0.126 e. The number of nitrogens with zero attached hydrogens (tertiary/aromatic N) is 3. The van der Waals surface area contributed by atoms with Crippen LogP contribution in [-0.2, 0) is 19.9 Å². The molecule has 4 nitrogen and oxygen atoms in total. The molecule has 0 bridgehead atoms. The van der Waals surface area contributed by atoms with Crippen LogP contribution in [-0.4, -0.2) is 14.8 Å². The van der Waals surface area contributed by atoms with Gasteiger partial charge in [-0.05, 0) is 37.5 Å². The summed E-state index contributed by atoms with van der Waals surface area (Å²) in [5.74, 6) is 0.626. The fourth-order valence-corrected chi connectivity index (χ4v) is 1.82. The molecule has 0 aliphatic heterocycles. The molecule has 0 unspecified atom stereocenters. The van der Waals surface area contributed by atoms with Crippen LogP contribution in [0.15, 0.2) is 24.4 Å². The fourth-order valence-electron chi connectivity index (χ4n) is 1.82. The minimum atomic E-state index is 0.626. The van der Waals surface area contributed by atoms with Crippen LogP contribution < -0.4 is 5.73 Å². The molecule has 84 valence electrons. The van der Waals surface area contributed by atoms with Crippen LogP contribution in [0.1, 0.15) is 17.0 Å². The Bertz CT molecular complexity index is 488. The first-order valence-corrected chi connectivity index (χ1v) is 5.35. The molecule has 2 aromatic rings. The molecule has 0 radical (unpaired) electrons. The third-order valence-corrected chi connectivity index (χ3v) is 2.68. The molecule has 0 aliphatic carbocycles. The second-order valence-corrected chi connectivity index (χ2v) is 3.95. The molecule has 2 rings (SSSR count). The molecule has 4 heteroatoms. The highest BCUT2D eigenvalue weighted by molar-refractivity contribution is 5.38. The van der Waals surface area contributed by atoms with Crippen molar-refractivity contribution < 1.29 is 0 Å². The summed E-state index contributed by atoms with van der Waals surface area (Å²) < 4.78 is 1.92. The predicted molar refractivity (Wildman–Crippen MR) is 64.0 cm³/mol. The normalized spacial score (nSPS) is 10.6. The average Bonchev–Trinajstić information content (AvgIpc) is 2.56. The number of aromatic nitrogens is 3. The first kappa shape index (κ1) is 10.7. The van der Waals surface area contributed by atoms with E-state index < -0.39 is 0 Å². The summed E-state index contributed by atoms with van der Waals surface area (Å²) >= 11 is 0. The third-order valence-electron chi connectivity index (χ3n) is 2.68. The van der Waals surface area contributed by atoms with Gasteiger partial charge in [0.05, 0.1) is 5.69 Å². The summed E-state index contributed by atoms with van der Waals surface area (Å²) in [4.78, 5) is 4.07. The van der Waals surface area contributed by atoms with Crippen LogP contribution >= 0.6 is 0 Å². The molecule has 0 aromatic carbocycles. The maximum atomic E-state index is 5.79. The topological polar surface area (TPSA) is 56.7 Å². The van der Waals surface area contributed by atoms with Gasteiger partial charge in [-0.15, -0.1) is 0 Å². The fraction of sp³-hybridized carbons (Fsp3) is 0.333. The lowest BCUT2D eigenvalue weighted by Gasteiger charge is -2.04. The Morgan fingerprint density at radius 2 is 2.19 bits per heavy atom. The van der Waals surface area contributed by atoms with E-state index in [2.05, 4.69) is 16.1 Å².